The van der Waals surface area contributed by atoms with E-state index in [0.717, 1.165) is 28.5 Å². The average molecular weight is 345 g/mol. The van der Waals surface area contributed by atoms with E-state index in [-0.39, 0.29) is 6.54 Å². The van der Waals surface area contributed by atoms with Gasteiger partial charge in [0.2, 0.25) is 0 Å². The molecule has 3 aromatic rings. The third-order valence-corrected chi connectivity index (χ3v) is 4.20. The maximum Gasteiger partial charge on any atom is 0.257 e. The second-order valence-electron chi connectivity index (χ2n) is 4.94. The van der Waals surface area contributed by atoms with Crippen molar-refractivity contribution in [1.82, 2.24) is 15.3 Å². The topological polar surface area (TPSA) is 54.9 Å². The fourth-order valence-electron chi connectivity index (χ4n) is 2.14. The number of amides is 1. The quantitative estimate of drug-likeness (QED) is 0.770. The van der Waals surface area contributed by atoms with Crippen molar-refractivity contribution in [2.45, 2.75) is 6.42 Å². The van der Waals surface area contributed by atoms with Crippen LogP contribution in [0.25, 0.3) is 11.4 Å². The van der Waals surface area contributed by atoms with Crippen LogP contribution in [-0.2, 0) is 6.42 Å². The maximum atomic E-state index is 13.5. The number of carbonyl (C=O) groups is 1. The molecule has 0 fully saturated rings. The Kier molecular flexibility index (Phi) is 4.90. The molecule has 0 saturated heterocycles. The molecule has 0 unspecified atom stereocenters. The molecule has 2 aromatic heterocycles. The van der Waals surface area contributed by atoms with Gasteiger partial charge in [0.15, 0.2) is 0 Å². The fourth-order valence-corrected chi connectivity index (χ4v) is 2.94. The van der Waals surface area contributed by atoms with Gasteiger partial charge in [-0.15, -0.1) is 11.3 Å². The van der Waals surface area contributed by atoms with E-state index in [0.29, 0.717) is 6.42 Å². The summed E-state index contributed by atoms with van der Waals surface area (Å²) < 4.78 is 27.0. The molecule has 0 spiro atoms. The molecule has 0 aliphatic rings. The summed E-state index contributed by atoms with van der Waals surface area (Å²) in [5, 5.41) is 5.21. The first-order valence-electron chi connectivity index (χ1n) is 7.23. The van der Waals surface area contributed by atoms with E-state index in [1.54, 1.807) is 6.20 Å². The van der Waals surface area contributed by atoms with Crippen LogP contribution in [-0.4, -0.2) is 22.4 Å². The number of nitrogens with one attached hydrogen (secondary N) is 1. The number of halogens is 2. The summed E-state index contributed by atoms with van der Waals surface area (Å²) in [6.45, 7) is 0.238. The molecule has 7 heteroatoms. The Morgan fingerprint density at radius 2 is 1.88 bits per heavy atom. The summed E-state index contributed by atoms with van der Waals surface area (Å²) >= 11 is 1.45. The highest BCUT2D eigenvalue weighted by Crippen LogP contribution is 2.19. The number of benzene rings is 1. The van der Waals surface area contributed by atoms with Crippen LogP contribution < -0.4 is 5.32 Å². The number of hydrogen-bond donors (Lipinski definition) is 1. The van der Waals surface area contributed by atoms with E-state index in [4.69, 9.17) is 0 Å². The number of carbonyl (C=O) groups excluding carboxylic acids is 1. The molecule has 0 aliphatic heterocycles. The molecule has 24 heavy (non-hydrogen) atoms. The van der Waals surface area contributed by atoms with Crippen LogP contribution in [0.1, 0.15) is 15.4 Å². The Hall–Kier alpha value is -2.67. The molecule has 0 atom stereocenters. The van der Waals surface area contributed by atoms with Crippen LogP contribution in [0.3, 0.4) is 0 Å². The van der Waals surface area contributed by atoms with Crippen LogP contribution in [0.2, 0.25) is 0 Å². The van der Waals surface area contributed by atoms with E-state index in [1.807, 2.05) is 23.6 Å². The zero-order valence-electron chi connectivity index (χ0n) is 12.5. The molecule has 0 saturated carbocycles. The van der Waals surface area contributed by atoms with Crippen LogP contribution in [0, 0.1) is 11.6 Å². The van der Waals surface area contributed by atoms with Crippen molar-refractivity contribution in [3.63, 3.8) is 0 Å². The van der Waals surface area contributed by atoms with Crippen molar-refractivity contribution < 1.29 is 13.6 Å². The molecular weight excluding hydrogens is 332 g/mol. The number of rotatable bonds is 5. The Morgan fingerprint density at radius 3 is 2.58 bits per heavy atom. The lowest BCUT2D eigenvalue weighted by Gasteiger charge is -2.06. The predicted molar refractivity (Wildman–Crippen MR) is 87.7 cm³/mol. The molecule has 0 bridgehead atoms. The number of hydrogen-bond acceptors (Lipinski definition) is 4. The zero-order chi connectivity index (χ0) is 16.9. The summed E-state index contributed by atoms with van der Waals surface area (Å²) in [7, 11) is 0. The fraction of sp³-hybridized carbons (Fsp3) is 0.118. The zero-order valence-corrected chi connectivity index (χ0v) is 13.3. The van der Waals surface area contributed by atoms with Gasteiger partial charge in [0.05, 0.1) is 16.4 Å². The van der Waals surface area contributed by atoms with Crippen molar-refractivity contribution in [2.24, 2.45) is 0 Å². The van der Waals surface area contributed by atoms with E-state index < -0.39 is 23.1 Å². The average Bonchev–Trinajstić information content (AvgIpc) is 3.04. The summed E-state index contributed by atoms with van der Waals surface area (Å²) in [6.07, 6.45) is 2.16. The first-order valence-corrected chi connectivity index (χ1v) is 8.11. The first kappa shape index (κ1) is 16.2. The molecule has 122 valence electrons. The second kappa shape index (κ2) is 7.27. The molecular formula is C17H13F2N3OS. The molecule has 1 N–H and O–H groups in total. The monoisotopic (exact) mass is 345 g/mol. The minimum Gasteiger partial charge on any atom is -0.351 e. The minimum absolute atomic E-state index is 0.238. The van der Waals surface area contributed by atoms with Gasteiger partial charge < -0.3 is 5.32 Å². The van der Waals surface area contributed by atoms with E-state index in [2.05, 4.69) is 15.3 Å². The molecule has 1 amide bonds. The van der Waals surface area contributed by atoms with Gasteiger partial charge in [0, 0.05) is 24.5 Å². The van der Waals surface area contributed by atoms with Gasteiger partial charge in [-0.3, -0.25) is 9.78 Å². The summed E-state index contributed by atoms with van der Waals surface area (Å²) in [4.78, 5) is 20.5. The van der Waals surface area contributed by atoms with Crippen LogP contribution in [0.4, 0.5) is 8.78 Å². The Labute approximate surface area is 141 Å². The number of thiazole rings is 1. The lowest BCUT2D eigenvalue weighted by Crippen LogP contribution is -2.27. The van der Waals surface area contributed by atoms with Gasteiger partial charge in [0.25, 0.3) is 5.91 Å². The van der Waals surface area contributed by atoms with Crippen molar-refractivity contribution in [3.8, 4) is 11.4 Å². The smallest absolute Gasteiger partial charge is 0.257 e. The van der Waals surface area contributed by atoms with Gasteiger partial charge >= 0.3 is 0 Å². The van der Waals surface area contributed by atoms with E-state index in [1.165, 1.54) is 17.4 Å². The molecule has 2 heterocycles. The van der Waals surface area contributed by atoms with Gasteiger partial charge in [-0.25, -0.2) is 13.8 Å². The van der Waals surface area contributed by atoms with Gasteiger partial charge in [-0.2, -0.15) is 0 Å². The first-order chi connectivity index (χ1) is 11.6. The maximum absolute atomic E-state index is 13.5. The molecule has 0 aliphatic carbocycles. The summed E-state index contributed by atoms with van der Waals surface area (Å²) in [6, 6.07) is 8.90. The highest BCUT2D eigenvalue weighted by molar-refractivity contribution is 7.09. The Morgan fingerprint density at radius 1 is 1.08 bits per heavy atom. The van der Waals surface area contributed by atoms with Crippen molar-refractivity contribution in [2.75, 3.05) is 6.54 Å². The van der Waals surface area contributed by atoms with Crippen LogP contribution in [0.15, 0.2) is 48.0 Å². The lowest BCUT2D eigenvalue weighted by atomic mass is 10.2. The highest BCUT2D eigenvalue weighted by atomic mass is 32.1. The normalized spacial score (nSPS) is 10.6. The van der Waals surface area contributed by atoms with Crippen molar-refractivity contribution >= 4 is 17.2 Å². The molecule has 4 nitrogen and oxygen atoms in total. The van der Waals surface area contributed by atoms with Crippen LogP contribution >= 0.6 is 11.3 Å². The summed E-state index contributed by atoms with van der Waals surface area (Å²) in [5.74, 6) is -2.52. The third-order valence-electron chi connectivity index (χ3n) is 3.29. The number of nitrogens with zero attached hydrogens (tertiary/aromatic N) is 2. The number of aromatic nitrogens is 2. The molecule has 0 radical (unpaired) electrons. The summed E-state index contributed by atoms with van der Waals surface area (Å²) in [5.41, 5.74) is 0.977. The molecule has 3 rings (SSSR count). The predicted octanol–water partition coefficient (Wildman–Crippen LogP) is 3.46. The molecule has 1 aromatic carbocycles. The standard InChI is InChI=1S/C17H13F2N3OS/c18-11-4-3-5-12(19)16(11)17(23)21-9-7-15-22-14(10-24-15)13-6-1-2-8-20-13/h1-6,8,10H,7,9H2,(H,21,23). The van der Waals surface area contributed by atoms with Gasteiger partial charge in [-0.05, 0) is 24.3 Å². The van der Waals surface area contributed by atoms with Crippen LogP contribution in [0.5, 0.6) is 0 Å². The SMILES string of the molecule is O=C(NCCc1nc(-c2ccccn2)cs1)c1c(F)cccc1F. The van der Waals surface area contributed by atoms with Crippen molar-refractivity contribution in [1.29, 1.82) is 0 Å². The van der Waals surface area contributed by atoms with E-state index >= 15 is 0 Å². The minimum atomic E-state index is -0.876. The third kappa shape index (κ3) is 3.62. The Balaban J connectivity index is 1.59. The Bertz CT molecular complexity index is 832. The second-order valence-corrected chi connectivity index (χ2v) is 5.89. The lowest BCUT2D eigenvalue weighted by molar-refractivity contribution is 0.0945. The number of pyridine rings is 1. The van der Waals surface area contributed by atoms with Gasteiger partial charge in [-0.1, -0.05) is 12.1 Å². The van der Waals surface area contributed by atoms with E-state index in [9.17, 15) is 13.6 Å². The van der Waals surface area contributed by atoms with Gasteiger partial charge in [0.1, 0.15) is 17.2 Å². The van der Waals surface area contributed by atoms with Crippen molar-refractivity contribution in [3.05, 3.63) is 70.2 Å². The highest BCUT2D eigenvalue weighted by Gasteiger charge is 2.16. The largest absolute Gasteiger partial charge is 0.351 e.